The molecule has 164 valence electrons. The Kier molecular flexibility index (Phi) is 7.50. The third-order valence-electron chi connectivity index (χ3n) is 4.81. The molecular formula is C23H26N2O6. The monoisotopic (exact) mass is 426 g/mol. The van der Waals surface area contributed by atoms with Gasteiger partial charge in [-0.3, -0.25) is 9.59 Å². The van der Waals surface area contributed by atoms with E-state index in [9.17, 15) is 9.59 Å². The Morgan fingerprint density at radius 3 is 2.13 bits per heavy atom. The molecule has 2 aromatic rings. The van der Waals surface area contributed by atoms with Crippen LogP contribution in [-0.2, 0) is 9.53 Å². The predicted octanol–water partition coefficient (Wildman–Crippen LogP) is 2.34. The second-order valence-electron chi connectivity index (χ2n) is 6.74. The van der Waals surface area contributed by atoms with E-state index in [-0.39, 0.29) is 17.5 Å². The van der Waals surface area contributed by atoms with Crippen LogP contribution >= 0.6 is 0 Å². The predicted molar refractivity (Wildman–Crippen MR) is 115 cm³/mol. The number of nitrogens with zero attached hydrogens (tertiary/aromatic N) is 1. The first-order valence-corrected chi connectivity index (χ1v) is 9.82. The van der Waals surface area contributed by atoms with E-state index in [0.717, 1.165) is 0 Å². The first-order chi connectivity index (χ1) is 15.1. The quantitative estimate of drug-likeness (QED) is 0.684. The Bertz CT molecular complexity index is 927. The van der Waals surface area contributed by atoms with E-state index >= 15 is 0 Å². The van der Waals surface area contributed by atoms with Crippen LogP contribution in [0.2, 0.25) is 0 Å². The van der Waals surface area contributed by atoms with E-state index < -0.39 is 0 Å². The van der Waals surface area contributed by atoms with Crippen molar-refractivity contribution in [2.24, 2.45) is 0 Å². The highest BCUT2D eigenvalue weighted by Gasteiger charge is 2.23. The summed E-state index contributed by atoms with van der Waals surface area (Å²) in [6, 6.07) is 12.1. The second kappa shape index (κ2) is 10.5. The number of amides is 2. The van der Waals surface area contributed by atoms with Crippen molar-refractivity contribution in [1.82, 2.24) is 10.2 Å². The molecule has 1 N–H and O–H groups in total. The molecule has 8 heteroatoms. The van der Waals surface area contributed by atoms with Crippen molar-refractivity contribution in [3.05, 3.63) is 59.3 Å². The average molecular weight is 426 g/mol. The number of hydrogen-bond donors (Lipinski definition) is 1. The summed E-state index contributed by atoms with van der Waals surface area (Å²) >= 11 is 0. The van der Waals surface area contributed by atoms with E-state index in [1.165, 1.54) is 21.3 Å². The molecule has 1 aliphatic heterocycles. The molecule has 1 fully saturated rings. The number of methoxy groups -OCH3 is 3. The highest BCUT2D eigenvalue weighted by atomic mass is 16.5. The number of benzene rings is 2. The molecule has 8 nitrogen and oxygen atoms in total. The van der Waals surface area contributed by atoms with Gasteiger partial charge in [-0.05, 0) is 35.9 Å². The van der Waals surface area contributed by atoms with Crippen LogP contribution < -0.4 is 19.5 Å². The SMILES string of the molecule is COc1cc(/C=C(\NC(=O)c2ccccc2)C(=O)N2CCOCC2)cc(OC)c1OC. The maximum absolute atomic E-state index is 13.2. The number of nitrogens with one attached hydrogen (secondary N) is 1. The minimum absolute atomic E-state index is 0.144. The van der Waals surface area contributed by atoms with Crippen LogP contribution in [0.4, 0.5) is 0 Å². The van der Waals surface area contributed by atoms with Crippen LogP contribution in [0.3, 0.4) is 0 Å². The Balaban J connectivity index is 1.99. The maximum atomic E-state index is 13.2. The molecule has 0 atom stereocenters. The standard InChI is InChI=1S/C23H26N2O6/c1-28-19-14-16(15-20(29-2)21(19)30-3)13-18(23(27)25-9-11-31-12-10-25)24-22(26)17-7-5-4-6-8-17/h4-8,13-15H,9-12H2,1-3H3,(H,24,26)/b18-13-. The van der Waals surface area contributed by atoms with E-state index in [1.807, 2.05) is 6.07 Å². The largest absolute Gasteiger partial charge is 0.493 e. The summed E-state index contributed by atoms with van der Waals surface area (Å²) < 4.78 is 21.5. The molecule has 31 heavy (non-hydrogen) atoms. The van der Waals surface area contributed by atoms with E-state index in [0.29, 0.717) is 54.7 Å². The van der Waals surface area contributed by atoms with Crippen LogP contribution in [0.1, 0.15) is 15.9 Å². The van der Waals surface area contributed by atoms with Gasteiger partial charge in [0.05, 0.1) is 34.5 Å². The number of rotatable bonds is 7. The van der Waals surface area contributed by atoms with Crippen molar-refractivity contribution in [1.29, 1.82) is 0 Å². The molecule has 1 heterocycles. The molecule has 2 aromatic carbocycles. The zero-order valence-electron chi connectivity index (χ0n) is 17.8. The third-order valence-corrected chi connectivity index (χ3v) is 4.81. The van der Waals surface area contributed by atoms with Crippen molar-refractivity contribution in [3.8, 4) is 17.2 Å². The van der Waals surface area contributed by atoms with Gasteiger partial charge in [-0.1, -0.05) is 18.2 Å². The average Bonchev–Trinajstić information content (AvgIpc) is 2.83. The first kappa shape index (κ1) is 22.2. The van der Waals surface area contributed by atoms with Crippen molar-refractivity contribution in [3.63, 3.8) is 0 Å². The smallest absolute Gasteiger partial charge is 0.270 e. The van der Waals surface area contributed by atoms with Gasteiger partial charge in [-0.2, -0.15) is 0 Å². The van der Waals surface area contributed by atoms with Crippen molar-refractivity contribution in [2.45, 2.75) is 0 Å². The molecule has 0 spiro atoms. The summed E-state index contributed by atoms with van der Waals surface area (Å²) in [4.78, 5) is 27.6. The van der Waals surface area contributed by atoms with Gasteiger partial charge in [0, 0.05) is 18.7 Å². The fourth-order valence-corrected chi connectivity index (χ4v) is 3.22. The molecule has 0 radical (unpaired) electrons. The first-order valence-electron chi connectivity index (χ1n) is 9.82. The highest BCUT2D eigenvalue weighted by Crippen LogP contribution is 2.38. The molecule has 0 aromatic heterocycles. The normalized spacial score (nSPS) is 14.0. The molecule has 0 bridgehead atoms. The molecule has 3 rings (SSSR count). The lowest BCUT2D eigenvalue weighted by Crippen LogP contribution is -2.44. The van der Waals surface area contributed by atoms with Crippen LogP contribution in [0.5, 0.6) is 17.2 Å². The number of ether oxygens (including phenoxy) is 4. The summed E-state index contributed by atoms with van der Waals surface area (Å²) in [5.74, 6) is 0.667. The van der Waals surface area contributed by atoms with Gasteiger partial charge >= 0.3 is 0 Å². The zero-order valence-corrected chi connectivity index (χ0v) is 17.8. The number of hydrogen-bond acceptors (Lipinski definition) is 6. The Labute approximate surface area is 181 Å². The van der Waals surface area contributed by atoms with Gasteiger partial charge in [0.25, 0.3) is 11.8 Å². The zero-order chi connectivity index (χ0) is 22.2. The van der Waals surface area contributed by atoms with Crippen molar-refractivity contribution < 1.29 is 28.5 Å². The van der Waals surface area contributed by atoms with Crippen LogP contribution in [0.25, 0.3) is 6.08 Å². The summed E-state index contributed by atoms with van der Waals surface area (Å²) in [6.07, 6.45) is 1.60. The molecule has 0 aliphatic carbocycles. The van der Waals surface area contributed by atoms with Gasteiger partial charge in [0.1, 0.15) is 5.70 Å². The van der Waals surface area contributed by atoms with Gasteiger partial charge in [0.15, 0.2) is 11.5 Å². The summed E-state index contributed by atoms with van der Waals surface area (Å²) in [7, 11) is 4.55. The minimum Gasteiger partial charge on any atom is -0.493 e. The lowest BCUT2D eigenvalue weighted by atomic mass is 10.1. The van der Waals surface area contributed by atoms with E-state index in [2.05, 4.69) is 5.32 Å². The number of carbonyl (C=O) groups is 2. The minimum atomic E-state index is -0.374. The van der Waals surface area contributed by atoms with Crippen LogP contribution in [0.15, 0.2) is 48.2 Å². The number of morpholine rings is 1. The van der Waals surface area contributed by atoms with E-state index in [4.69, 9.17) is 18.9 Å². The highest BCUT2D eigenvalue weighted by molar-refractivity contribution is 6.05. The maximum Gasteiger partial charge on any atom is 0.270 e. The fraction of sp³-hybridized carbons (Fsp3) is 0.304. The molecule has 0 saturated carbocycles. The Morgan fingerprint density at radius 1 is 0.968 bits per heavy atom. The molecule has 1 saturated heterocycles. The van der Waals surface area contributed by atoms with Gasteiger partial charge in [-0.25, -0.2) is 0 Å². The summed E-state index contributed by atoms with van der Waals surface area (Å²) in [6.45, 7) is 1.81. The van der Waals surface area contributed by atoms with Crippen molar-refractivity contribution in [2.75, 3.05) is 47.6 Å². The van der Waals surface area contributed by atoms with Gasteiger partial charge in [-0.15, -0.1) is 0 Å². The molecular weight excluding hydrogens is 400 g/mol. The van der Waals surface area contributed by atoms with Gasteiger partial charge < -0.3 is 29.2 Å². The molecule has 1 aliphatic rings. The molecule has 2 amide bonds. The fourth-order valence-electron chi connectivity index (χ4n) is 3.22. The van der Waals surface area contributed by atoms with Crippen molar-refractivity contribution >= 4 is 17.9 Å². The molecule has 0 unspecified atom stereocenters. The third kappa shape index (κ3) is 5.35. The lowest BCUT2D eigenvalue weighted by Gasteiger charge is -2.28. The number of carbonyl (C=O) groups excluding carboxylic acids is 2. The lowest BCUT2D eigenvalue weighted by molar-refractivity contribution is -0.131. The van der Waals surface area contributed by atoms with Crippen LogP contribution in [0, 0.1) is 0 Å². The second-order valence-corrected chi connectivity index (χ2v) is 6.74. The summed E-state index contributed by atoms with van der Waals surface area (Å²) in [5, 5.41) is 2.76. The topological polar surface area (TPSA) is 86.3 Å². The van der Waals surface area contributed by atoms with Gasteiger partial charge in [0.2, 0.25) is 5.75 Å². The Hall–Kier alpha value is -3.52. The summed E-state index contributed by atoms with van der Waals surface area (Å²) in [5.41, 5.74) is 1.21. The van der Waals surface area contributed by atoms with Crippen LogP contribution in [-0.4, -0.2) is 64.3 Å². The Morgan fingerprint density at radius 2 is 1.58 bits per heavy atom. The van der Waals surface area contributed by atoms with E-state index in [1.54, 1.807) is 47.4 Å².